The van der Waals surface area contributed by atoms with Crippen molar-refractivity contribution in [3.05, 3.63) is 78.8 Å². The Hall–Kier alpha value is -3.34. The molecule has 5 heteroatoms. The van der Waals surface area contributed by atoms with E-state index in [2.05, 4.69) is 32.4 Å². The summed E-state index contributed by atoms with van der Waals surface area (Å²) in [6.45, 7) is 4.67. The zero-order valence-electron chi connectivity index (χ0n) is 14.9. The van der Waals surface area contributed by atoms with E-state index in [1.54, 1.807) is 6.20 Å². The highest BCUT2D eigenvalue weighted by Gasteiger charge is 2.08. The van der Waals surface area contributed by atoms with E-state index in [0.29, 0.717) is 23.5 Å². The number of nitrogens with zero attached hydrogens (tertiary/aromatic N) is 4. The minimum Gasteiger partial charge on any atom is -0.364 e. The lowest BCUT2D eigenvalue weighted by molar-refractivity contribution is 1.08. The highest BCUT2D eigenvalue weighted by Crippen LogP contribution is 2.21. The van der Waals surface area contributed by atoms with Crippen molar-refractivity contribution in [1.29, 1.82) is 0 Å². The first-order valence-corrected chi connectivity index (χ1v) is 8.71. The first-order valence-electron chi connectivity index (χ1n) is 8.71. The summed E-state index contributed by atoms with van der Waals surface area (Å²) in [5.41, 5.74) is 4.26. The summed E-state index contributed by atoms with van der Waals surface area (Å²) in [6, 6.07) is 20.1. The molecule has 0 aliphatic rings. The molecule has 4 rings (SSSR count). The highest BCUT2D eigenvalue weighted by atomic mass is 15.1. The van der Waals surface area contributed by atoms with E-state index in [1.165, 1.54) is 11.9 Å². The fraction of sp³-hybridized carbons (Fsp3) is 0.143. The van der Waals surface area contributed by atoms with Crippen LogP contribution in [0.15, 0.2) is 73.2 Å². The van der Waals surface area contributed by atoms with E-state index >= 15 is 0 Å². The lowest BCUT2D eigenvalue weighted by Crippen LogP contribution is -2.04. The Morgan fingerprint density at radius 3 is 2.23 bits per heavy atom. The maximum absolute atomic E-state index is 4.71. The maximum atomic E-state index is 4.71. The normalized spacial score (nSPS) is 10.1. The minimum absolute atomic E-state index is 0.584. The molecule has 0 aliphatic heterocycles. The second-order valence-corrected chi connectivity index (χ2v) is 5.35. The van der Waals surface area contributed by atoms with Gasteiger partial charge in [0.05, 0.1) is 11.9 Å². The third kappa shape index (κ3) is 4.00. The summed E-state index contributed by atoms with van der Waals surface area (Å²) in [7, 11) is 0. The van der Waals surface area contributed by atoms with E-state index in [0.717, 1.165) is 11.3 Å². The van der Waals surface area contributed by atoms with Gasteiger partial charge in [0.2, 0.25) is 0 Å². The Bertz CT molecular complexity index is 956. The monoisotopic (exact) mass is 343 g/mol. The van der Waals surface area contributed by atoms with Crippen LogP contribution in [0.3, 0.4) is 0 Å². The first kappa shape index (κ1) is 17.5. The molecule has 26 heavy (non-hydrogen) atoms. The Labute approximate surface area is 153 Å². The van der Waals surface area contributed by atoms with Crippen LogP contribution in [0.1, 0.15) is 19.4 Å². The van der Waals surface area contributed by atoms with Crippen molar-refractivity contribution in [2.75, 3.05) is 5.32 Å². The van der Waals surface area contributed by atoms with Gasteiger partial charge < -0.3 is 5.32 Å². The Morgan fingerprint density at radius 2 is 1.50 bits per heavy atom. The SMILES string of the molecule is CC.c1ccc(CNc2ncnc3ncc(-c4ccccc4)nc23)cc1. The van der Waals surface area contributed by atoms with Gasteiger partial charge in [0, 0.05) is 12.1 Å². The lowest BCUT2D eigenvalue weighted by Gasteiger charge is -2.08. The van der Waals surface area contributed by atoms with E-state index < -0.39 is 0 Å². The molecular weight excluding hydrogens is 322 g/mol. The average molecular weight is 343 g/mol. The molecule has 0 spiro atoms. The molecule has 4 aromatic rings. The Balaban J connectivity index is 0.000000948. The van der Waals surface area contributed by atoms with E-state index in [1.807, 2.05) is 62.4 Å². The third-order valence-corrected chi connectivity index (χ3v) is 3.72. The van der Waals surface area contributed by atoms with Gasteiger partial charge in [0.25, 0.3) is 0 Å². The van der Waals surface area contributed by atoms with Gasteiger partial charge in [-0.1, -0.05) is 74.5 Å². The van der Waals surface area contributed by atoms with Crippen LogP contribution < -0.4 is 5.32 Å². The minimum atomic E-state index is 0.584. The molecule has 0 amide bonds. The van der Waals surface area contributed by atoms with Gasteiger partial charge in [0.15, 0.2) is 17.0 Å². The number of rotatable bonds is 4. The molecule has 130 valence electrons. The van der Waals surface area contributed by atoms with Gasteiger partial charge in [-0.25, -0.2) is 19.9 Å². The third-order valence-electron chi connectivity index (χ3n) is 3.72. The zero-order chi connectivity index (χ0) is 18.2. The molecule has 5 nitrogen and oxygen atoms in total. The van der Waals surface area contributed by atoms with Crippen LogP contribution in [0, 0.1) is 0 Å². The van der Waals surface area contributed by atoms with Gasteiger partial charge in [-0.15, -0.1) is 0 Å². The van der Waals surface area contributed by atoms with Crippen LogP contribution in [0.5, 0.6) is 0 Å². The van der Waals surface area contributed by atoms with Crippen LogP contribution in [0.25, 0.3) is 22.4 Å². The maximum Gasteiger partial charge on any atom is 0.183 e. The van der Waals surface area contributed by atoms with Crippen molar-refractivity contribution in [2.45, 2.75) is 20.4 Å². The van der Waals surface area contributed by atoms with Crippen LogP contribution in [0.4, 0.5) is 5.82 Å². The van der Waals surface area contributed by atoms with Crippen molar-refractivity contribution in [1.82, 2.24) is 19.9 Å². The van der Waals surface area contributed by atoms with Gasteiger partial charge in [0.1, 0.15) is 6.33 Å². The molecule has 0 saturated heterocycles. The number of aromatic nitrogens is 4. The summed E-state index contributed by atoms with van der Waals surface area (Å²) >= 11 is 0. The molecule has 0 bridgehead atoms. The number of nitrogens with one attached hydrogen (secondary N) is 1. The second-order valence-electron chi connectivity index (χ2n) is 5.35. The standard InChI is InChI=1S/C19H15N5.C2H6/c1-3-7-14(8-4-1)11-20-18-17-19(23-13-22-18)21-12-16(24-17)15-9-5-2-6-10-15;1-2/h1-10,12-13H,11H2,(H,20,21,22,23);1-2H3. The molecule has 2 aromatic heterocycles. The Kier molecular flexibility index (Phi) is 5.83. The molecule has 1 N–H and O–H groups in total. The zero-order valence-corrected chi connectivity index (χ0v) is 14.9. The van der Waals surface area contributed by atoms with E-state index in [9.17, 15) is 0 Å². The molecule has 0 unspecified atom stereocenters. The first-order chi connectivity index (χ1) is 12.9. The van der Waals surface area contributed by atoms with Crippen LogP contribution in [-0.2, 0) is 6.54 Å². The average Bonchev–Trinajstić information content (AvgIpc) is 2.74. The lowest BCUT2D eigenvalue weighted by atomic mass is 10.2. The number of hydrogen-bond donors (Lipinski definition) is 1. The van der Waals surface area contributed by atoms with Crippen molar-refractivity contribution in [2.24, 2.45) is 0 Å². The topological polar surface area (TPSA) is 63.6 Å². The van der Waals surface area contributed by atoms with Crippen LogP contribution in [-0.4, -0.2) is 19.9 Å². The smallest absolute Gasteiger partial charge is 0.183 e. The fourth-order valence-corrected chi connectivity index (χ4v) is 2.50. The second kappa shape index (κ2) is 8.67. The van der Waals surface area contributed by atoms with Gasteiger partial charge in [-0.3, -0.25) is 0 Å². The summed E-state index contributed by atoms with van der Waals surface area (Å²) in [5, 5.41) is 3.33. The van der Waals surface area contributed by atoms with Crippen LogP contribution >= 0.6 is 0 Å². The molecule has 0 saturated carbocycles. The Morgan fingerprint density at radius 1 is 0.808 bits per heavy atom. The summed E-state index contributed by atoms with van der Waals surface area (Å²) in [5.74, 6) is 0.689. The highest BCUT2D eigenvalue weighted by molar-refractivity contribution is 5.83. The van der Waals surface area contributed by atoms with Gasteiger partial charge in [-0.2, -0.15) is 0 Å². The predicted molar refractivity (Wildman–Crippen MR) is 106 cm³/mol. The molecule has 2 aromatic carbocycles. The number of benzene rings is 2. The summed E-state index contributed by atoms with van der Waals surface area (Å²) in [6.07, 6.45) is 3.25. The fourth-order valence-electron chi connectivity index (χ4n) is 2.50. The molecule has 0 fully saturated rings. The van der Waals surface area contributed by atoms with E-state index in [4.69, 9.17) is 4.98 Å². The van der Waals surface area contributed by atoms with Gasteiger partial charge in [-0.05, 0) is 5.56 Å². The predicted octanol–water partition coefficient (Wildman–Crippen LogP) is 4.73. The summed E-state index contributed by atoms with van der Waals surface area (Å²) in [4.78, 5) is 17.7. The molecular formula is C21H21N5. The van der Waals surface area contributed by atoms with Crippen LogP contribution in [0.2, 0.25) is 0 Å². The molecule has 2 heterocycles. The number of anilines is 1. The van der Waals surface area contributed by atoms with Crippen molar-refractivity contribution in [3.8, 4) is 11.3 Å². The van der Waals surface area contributed by atoms with E-state index in [-0.39, 0.29) is 0 Å². The number of hydrogen-bond acceptors (Lipinski definition) is 5. The largest absolute Gasteiger partial charge is 0.364 e. The van der Waals surface area contributed by atoms with Crippen molar-refractivity contribution < 1.29 is 0 Å². The quantitative estimate of drug-likeness (QED) is 0.580. The number of fused-ring (bicyclic) bond motifs is 1. The molecule has 0 radical (unpaired) electrons. The van der Waals surface area contributed by atoms with Gasteiger partial charge >= 0.3 is 0 Å². The van der Waals surface area contributed by atoms with Crippen molar-refractivity contribution in [3.63, 3.8) is 0 Å². The molecule has 0 aliphatic carbocycles. The molecule has 0 atom stereocenters. The summed E-state index contributed by atoms with van der Waals surface area (Å²) < 4.78 is 0. The van der Waals surface area contributed by atoms with Crippen molar-refractivity contribution >= 4 is 17.0 Å².